The average Bonchev–Trinajstić information content (AvgIpc) is 2.99. The Labute approximate surface area is 139 Å². The van der Waals surface area contributed by atoms with Crippen LogP contribution in [0.5, 0.6) is 0 Å². The number of halogens is 3. The molecule has 1 aliphatic carbocycles. The Morgan fingerprint density at radius 3 is 2.68 bits per heavy atom. The normalized spacial score (nSPS) is 18.9. The van der Waals surface area contributed by atoms with E-state index in [4.69, 9.17) is 5.73 Å². The van der Waals surface area contributed by atoms with Gasteiger partial charge in [0, 0.05) is 25.2 Å². The minimum absolute atomic E-state index is 0. The zero-order valence-corrected chi connectivity index (χ0v) is 13.5. The lowest BCUT2D eigenvalue weighted by Gasteiger charge is -2.06. The summed E-state index contributed by atoms with van der Waals surface area (Å²) in [5.74, 6) is -0.781. The predicted molar refractivity (Wildman–Crippen MR) is 87.4 cm³/mol. The van der Waals surface area contributed by atoms with Gasteiger partial charge < -0.3 is 11.1 Å². The van der Waals surface area contributed by atoms with E-state index in [1.807, 2.05) is 0 Å². The number of nitrogens with two attached hydrogens (primary N) is 1. The van der Waals surface area contributed by atoms with Crippen LogP contribution in [0.4, 0.5) is 10.1 Å². The number of nitrogens with zero attached hydrogens (tertiary/aromatic N) is 2. The first-order valence-corrected chi connectivity index (χ1v) is 6.39. The number of carbonyl (C=O) groups is 1. The van der Waals surface area contributed by atoms with Crippen LogP contribution in [-0.2, 0) is 7.05 Å². The number of rotatable bonds is 3. The molecule has 0 radical (unpaired) electrons. The second-order valence-corrected chi connectivity index (χ2v) is 5.10. The van der Waals surface area contributed by atoms with E-state index in [1.54, 1.807) is 30.1 Å². The molecule has 0 saturated heterocycles. The quantitative estimate of drug-likeness (QED) is 0.896. The van der Waals surface area contributed by atoms with E-state index < -0.39 is 11.7 Å². The Morgan fingerprint density at radius 2 is 2.14 bits per heavy atom. The van der Waals surface area contributed by atoms with Crippen molar-refractivity contribution in [1.82, 2.24) is 9.78 Å². The van der Waals surface area contributed by atoms with Crippen molar-refractivity contribution in [3.05, 3.63) is 47.5 Å². The number of aromatic nitrogens is 2. The average molecular weight is 347 g/mol. The highest BCUT2D eigenvalue weighted by atomic mass is 35.5. The molecule has 5 nitrogen and oxygen atoms in total. The van der Waals surface area contributed by atoms with Gasteiger partial charge in [0.1, 0.15) is 5.82 Å². The van der Waals surface area contributed by atoms with Gasteiger partial charge in [-0.25, -0.2) is 4.39 Å². The zero-order chi connectivity index (χ0) is 14.3. The van der Waals surface area contributed by atoms with Crippen molar-refractivity contribution in [2.45, 2.75) is 18.4 Å². The van der Waals surface area contributed by atoms with Crippen molar-refractivity contribution in [3.8, 4) is 0 Å². The summed E-state index contributed by atoms with van der Waals surface area (Å²) in [6, 6.07) is 4.71. The SMILES string of the molecule is Cl.Cl.Cn1cc(NC(=O)c2cc([C@@H]3C[C@H]3N)ccc2F)cn1. The Balaban J connectivity index is 0.00000121. The summed E-state index contributed by atoms with van der Waals surface area (Å²) in [7, 11) is 1.74. The molecule has 1 aromatic heterocycles. The standard InChI is InChI=1S/C14H15FN4O.2ClH/c1-19-7-9(6-17-19)18-14(20)11-4-8(2-3-12(11)15)10-5-13(10)16;;/h2-4,6-7,10,13H,5,16H2,1H3,(H,18,20);2*1H/t10-,13+;;/m0../s1. The summed E-state index contributed by atoms with van der Waals surface area (Å²) in [5, 5.41) is 6.57. The second kappa shape index (κ2) is 7.09. The molecule has 0 spiro atoms. The van der Waals surface area contributed by atoms with Gasteiger partial charge >= 0.3 is 0 Å². The van der Waals surface area contributed by atoms with Crippen LogP contribution >= 0.6 is 24.8 Å². The minimum Gasteiger partial charge on any atom is -0.327 e. The first-order chi connectivity index (χ1) is 9.54. The van der Waals surface area contributed by atoms with Crippen LogP contribution in [0.25, 0.3) is 0 Å². The summed E-state index contributed by atoms with van der Waals surface area (Å²) in [6.45, 7) is 0. The molecule has 2 aromatic rings. The molecule has 120 valence electrons. The maximum absolute atomic E-state index is 13.8. The fraction of sp³-hybridized carbons (Fsp3) is 0.286. The predicted octanol–water partition coefficient (Wildman–Crippen LogP) is 2.47. The molecule has 1 saturated carbocycles. The lowest BCUT2D eigenvalue weighted by Crippen LogP contribution is -2.14. The van der Waals surface area contributed by atoms with Gasteiger partial charge in [-0.1, -0.05) is 6.07 Å². The number of anilines is 1. The summed E-state index contributed by atoms with van der Waals surface area (Å²) in [4.78, 5) is 12.1. The molecular formula is C14H17Cl2FN4O. The van der Waals surface area contributed by atoms with E-state index >= 15 is 0 Å². The van der Waals surface area contributed by atoms with Crippen LogP contribution in [0, 0.1) is 5.82 Å². The molecule has 1 amide bonds. The topological polar surface area (TPSA) is 72.9 Å². The van der Waals surface area contributed by atoms with Gasteiger partial charge in [0.05, 0.1) is 17.4 Å². The number of carbonyl (C=O) groups excluding carboxylic acids is 1. The monoisotopic (exact) mass is 346 g/mol. The van der Waals surface area contributed by atoms with Crippen molar-refractivity contribution in [2.24, 2.45) is 12.8 Å². The van der Waals surface area contributed by atoms with Gasteiger partial charge in [0.25, 0.3) is 5.91 Å². The summed E-state index contributed by atoms with van der Waals surface area (Å²) < 4.78 is 15.4. The van der Waals surface area contributed by atoms with Crippen LogP contribution in [-0.4, -0.2) is 21.7 Å². The molecule has 2 atom stereocenters. The zero-order valence-electron chi connectivity index (χ0n) is 11.8. The second-order valence-electron chi connectivity index (χ2n) is 5.10. The van der Waals surface area contributed by atoms with Crippen LogP contribution < -0.4 is 11.1 Å². The highest BCUT2D eigenvalue weighted by Crippen LogP contribution is 2.39. The number of benzene rings is 1. The van der Waals surface area contributed by atoms with Crippen molar-refractivity contribution in [2.75, 3.05) is 5.32 Å². The molecule has 1 fully saturated rings. The van der Waals surface area contributed by atoms with Crippen molar-refractivity contribution >= 4 is 36.4 Å². The third-order valence-corrected chi connectivity index (χ3v) is 3.47. The Bertz CT molecular complexity index is 677. The molecule has 3 N–H and O–H groups in total. The Morgan fingerprint density at radius 1 is 1.45 bits per heavy atom. The molecular weight excluding hydrogens is 330 g/mol. The first-order valence-electron chi connectivity index (χ1n) is 6.39. The number of hydrogen-bond donors (Lipinski definition) is 2. The molecule has 3 rings (SSSR count). The van der Waals surface area contributed by atoms with Gasteiger partial charge in [-0.2, -0.15) is 5.10 Å². The Kier molecular flexibility index (Phi) is 5.93. The largest absolute Gasteiger partial charge is 0.327 e. The lowest BCUT2D eigenvalue weighted by atomic mass is 10.1. The molecule has 0 unspecified atom stereocenters. The van der Waals surface area contributed by atoms with E-state index in [0.29, 0.717) is 5.69 Å². The van der Waals surface area contributed by atoms with E-state index in [9.17, 15) is 9.18 Å². The van der Waals surface area contributed by atoms with Crippen LogP contribution in [0.1, 0.15) is 28.3 Å². The van der Waals surface area contributed by atoms with E-state index in [-0.39, 0.29) is 42.3 Å². The third-order valence-electron chi connectivity index (χ3n) is 3.47. The third kappa shape index (κ3) is 3.76. The van der Waals surface area contributed by atoms with Crippen LogP contribution in [0.3, 0.4) is 0 Å². The number of amides is 1. The van der Waals surface area contributed by atoms with Crippen molar-refractivity contribution < 1.29 is 9.18 Å². The van der Waals surface area contributed by atoms with Crippen molar-refractivity contribution in [1.29, 1.82) is 0 Å². The first kappa shape index (κ1) is 18.4. The molecule has 0 bridgehead atoms. The van der Waals surface area contributed by atoms with Gasteiger partial charge in [-0.15, -0.1) is 24.8 Å². The Hall–Kier alpha value is -1.63. The van der Waals surface area contributed by atoms with E-state index in [1.165, 1.54) is 12.3 Å². The minimum atomic E-state index is -0.538. The van der Waals surface area contributed by atoms with E-state index in [0.717, 1.165) is 12.0 Å². The molecule has 1 aromatic carbocycles. The maximum atomic E-state index is 13.8. The number of hydrogen-bond acceptors (Lipinski definition) is 3. The summed E-state index contributed by atoms with van der Waals surface area (Å²) in [5.41, 5.74) is 7.26. The molecule has 8 heteroatoms. The number of aryl methyl sites for hydroxylation is 1. The molecule has 1 heterocycles. The van der Waals surface area contributed by atoms with Crippen LogP contribution in [0.2, 0.25) is 0 Å². The fourth-order valence-corrected chi connectivity index (χ4v) is 2.23. The molecule has 0 aliphatic heterocycles. The number of nitrogens with one attached hydrogen (secondary N) is 1. The van der Waals surface area contributed by atoms with Crippen molar-refractivity contribution in [3.63, 3.8) is 0 Å². The van der Waals surface area contributed by atoms with Gasteiger partial charge in [-0.05, 0) is 24.1 Å². The smallest absolute Gasteiger partial charge is 0.258 e. The van der Waals surface area contributed by atoms with Crippen LogP contribution in [0.15, 0.2) is 30.6 Å². The maximum Gasteiger partial charge on any atom is 0.258 e. The highest BCUT2D eigenvalue weighted by molar-refractivity contribution is 6.04. The lowest BCUT2D eigenvalue weighted by molar-refractivity contribution is 0.102. The van der Waals surface area contributed by atoms with Gasteiger partial charge in [0.15, 0.2) is 0 Å². The van der Waals surface area contributed by atoms with E-state index in [2.05, 4.69) is 10.4 Å². The summed E-state index contributed by atoms with van der Waals surface area (Å²) in [6.07, 6.45) is 4.04. The molecule has 22 heavy (non-hydrogen) atoms. The van der Waals surface area contributed by atoms with Gasteiger partial charge in [-0.3, -0.25) is 9.48 Å². The fourth-order valence-electron chi connectivity index (χ4n) is 2.23. The highest BCUT2D eigenvalue weighted by Gasteiger charge is 2.35. The molecule has 1 aliphatic rings. The van der Waals surface area contributed by atoms with Gasteiger partial charge in [0.2, 0.25) is 0 Å². The summed E-state index contributed by atoms with van der Waals surface area (Å²) >= 11 is 0.